The summed E-state index contributed by atoms with van der Waals surface area (Å²) in [6.45, 7) is 7.98. The van der Waals surface area contributed by atoms with Crippen LogP contribution in [0.3, 0.4) is 0 Å². The van der Waals surface area contributed by atoms with E-state index < -0.39 is 0 Å². The van der Waals surface area contributed by atoms with Crippen LogP contribution in [0, 0.1) is 5.92 Å². The second-order valence-electron chi connectivity index (χ2n) is 6.76. The third kappa shape index (κ3) is 4.23. The van der Waals surface area contributed by atoms with E-state index in [1.54, 1.807) is 0 Å². The van der Waals surface area contributed by atoms with Crippen LogP contribution in [0.2, 0.25) is 0 Å². The van der Waals surface area contributed by atoms with E-state index in [-0.39, 0.29) is 0 Å². The van der Waals surface area contributed by atoms with E-state index in [0.717, 1.165) is 12.5 Å². The predicted octanol–water partition coefficient (Wildman–Crippen LogP) is 4.76. The van der Waals surface area contributed by atoms with Crippen molar-refractivity contribution in [3.8, 4) is 0 Å². The van der Waals surface area contributed by atoms with Crippen molar-refractivity contribution in [1.82, 2.24) is 5.32 Å². The monoisotopic (exact) mass is 288 g/mol. The molecule has 1 aromatic rings. The number of nitrogens with zero attached hydrogens (tertiary/aromatic N) is 1. The van der Waals surface area contributed by atoms with Gasteiger partial charge in [0.1, 0.15) is 0 Å². The summed E-state index contributed by atoms with van der Waals surface area (Å²) in [5.74, 6) is 0.912. The first-order valence-electron chi connectivity index (χ1n) is 8.68. The molecule has 1 unspecified atom stereocenters. The molecular weight excluding hydrogens is 256 g/mol. The summed E-state index contributed by atoms with van der Waals surface area (Å²) >= 11 is 0. The lowest BCUT2D eigenvalue weighted by molar-refractivity contribution is 0.340. The first kappa shape index (κ1) is 16.4. The summed E-state index contributed by atoms with van der Waals surface area (Å²) < 4.78 is 0. The van der Waals surface area contributed by atoms with Crippen molar-refractivity contribution in [3.05, 3.63) is 29.8 Å². The zero-order valence-corrected chi connectivity index (χ0v) is 14.2. The average Bonchev–Trinajstić information content (AvgIpc) is 2.52. The molecular formula is C19H32N2. The predicted molar refractivity (Wildman–Crippen MR) is 93.0 cm³/mol. The number of hydrogen-bond donors (Lipinski definition) is 1. The van der Waals surface area contributed by atoms with E-state index in [0.29, 0.717) is 12.1 Å². The molecule has 0 saturated heterocycles. The van der Waals surface area contributed by atoms with Crippen LogP contribution >= 0.6 is 0 Å². The van der Waals surface area contributed by atoms with Gasteiger partial charge in [-0.05, 0) is 63.1 Å². The molecule has 0 spiro atoms. The lowest BCUT2D eigenvalue weighted by atomic mass is 9.86. The van der Waals surface area contributed by atoms with Crippen molar-refractivity contribution in [2.45, 2.75) is 65.0 Å². The maximum atomic E-state index is 3.63. The molecule has 2 heteroatoms. The molecule has 118 valence electrons. The van der Waals surface area contributed by atoms with Crippen LogP contribution in [0.5, 0.6) is 0 Å². The molecule has 1 saturated carbocycles. The third-order valence-corrected chi connectivity index (χ3v) is 5.02. The zero-order chi connectivity index (χ0) is 15.2. The Hall–Kier alpha value is -1.02. The molecule has 1 atom stereocenters. The first-order valence-corrected chi connectivity index (χ1v) is 8.68. The molecule has 0 bridgehead atoms. The standard InChI is InChI=1S/C19H32N2/c1-5-14-20-16(3)18-8-6-7-9-19(18)21(4)17-12-10-15(2)11-13-17/h6-9,15-17,20H,5,10-14H2,1-4H3. The van der Waals surface area contributed by atoms with Gasteiger partial charge in [-0.25, -0.2) is 0 Å². The summed E-state index contributed by atoms with van der Waals surface area (Å²) in [4.78, 5) is 2.53. The van der Waals surface area contributed by atoms with Crippen LogP contribution in [-0.2, 0) is 0 Å². The average molecular weight is 288 g/mol. The van der Waals surface area contributed by atoms with Crippen molar-refractivity contribution >= 4 is 5.69 Å². The Morgan fingerprint density at radius 2 is 1.86 bits per heavy atom. The molecule has 1 fully saturated rings. The van der Waals surface area contributed by atoms with E-state index >= 15 is 0 Å². The number of nitrogens with one attached hydrogen (secondary N) is 1. The number of rotatable bonds is 6. The van der Waals surface area contributed by atoms with E-state index in [1.165, 1.54) is 43.4 Å². The maximum absolute atomic E-state index is 3.63. The Kier molecular flexibility index (Phi) is 6.10. The summed E-state index contributed by atoms with van der Waals surface area (Å²) in [7, 11) is 2.28. The topological polar surface area (TPSA) is 15.3 Å². The summed E-state index contributed by atoms with van der Waals surface area (Å²) in [6, 6.07) is 10.0. The lowest BCUT2D eigenvalue weighted by Gasteiger charge is -2.36. The highest BCUT2D eigenvalue weighted by Gasteiger charge is 2.23. The summed E-state index contributed by atoms with van der Waals surface area (Å²) in [5, 5.41) is 3.63. The number of benzene rings is 1. The van der Waals surface area contributed by atoms with Crippen molar-refractivity contribution in [2.24, 2.45) is 5.92 Å². The molecule has 0 heterocycles. The molecule has 21 heavy (non-hydrogen) atoms. The second-order valence-corrected chi connectivity index (χ2v) is 6.76. The minimum Gasteiger partial charge on any atom is -0.371 e. The van der Waals surface area contributed by atoms with Crippen LogP contribution in [0.1, 0.15) is 64.5 Å². The largest absolute Gasteiger partial charge is 0.371 e. The normalized spacial score (nSPS) is 23.8. The molecule has 1 aromatic carbocycles. The highest BCUT2D eigenvalue weighted by Crippen LogP contribution is 2.32. The minimum absolute atomic E-state index is 0.422. The highest BCUT2D eigenvalue weighted by atomic mass is 15.1. The first-order chi connectivity index (χ1) is 10.1. The van der Waals surface area contributed by atoms with Crippen LogP contribution in [0.25, 0.3) is 0 Å². The van der Waals surface area contributed by atoms with Crippen LogP contribution in [-0.4, -0.2) is 19.6 Å². The van der Waals surface area contributed by atoms with Gasteiger partial charge >= 0.3 is 0 Å². The van der Waals surface area contributed by atoms with Gasteiger partial charge in [-0.1, -0.05) is 32.0 Å². The Bertz CT molecular complexity index is 421. The minimum atomic E-state index is 0.422. The van der Waals surface area contributed by atoms with Gasteiger partial charge in [0.25, 0.3) is 0 Å². The van der Waals surface area contributed by atoms with Crippen LogP contribution in [0.15, 0.2) is 24.3 Å². The fourth-order valence-corrected chi connectivity index (χ4v) is 3.47. The molecule has 1 aliphatic carbocycles. The van der Waals surface area contributed by atoms with Crippen LogP contribution in [0.4, 0.5) is 5.69 Å². The number of hydrogen-bond acceptors (Lipinski definition) is 2. The van der Waals surface area contributed by atoms with Gasteiger partial charge < -0.3 is 10.2 Å². The molecule has 2 nitrogen and oxygen atoms in total. The van der Waals surface area contributed by atoms with Crippen molar-refractivity contribution in [1.29, 1.82) is 0 Å². The number of para-hydroxylation sites is 1. The van der Waals surface area contributed by atoms with Gasteiger partial charge in [0, 0.05) is 24.8 Å². The van der Waals surface area contributed by atoms with Crippen molar-refractivity contribution in [3.63, 3.8) is 0 Å². The van der Waals surface area contributed by atoms with E-state index in [2.05, 4.69) is 62.3 Å². The van der Waals surface area contributed by atoms with E-state index in [4.69, 9.17) is 0 Å². The van der Waals surface area contributed by atoms with Gasteiger partial charge in [-0.3, -0.25) is 0 Å². The molecule has 1 N–H and O–H groups in total. The van der Waals surface area contributed by atoms with Gasteiger partial charge in [0.05, 0.1) is 0 Å². The Morgan fingerprint density at radius 1 is 1.19 bits per heavy atom. The van der Waals surface area contributed by atoms with Gasteiger partial charge in [-0.15, -0.1) is 0 Å². The summed E-state index contributed by atoms with van der Waals surface area (Å²) in [5.41, 5.74) is 2.85. The lowest BCUT2D eigenvalue weighted by Crippen LogP contribution is -2.36. The quantitative estimate of drug-likeness (QED) is 0.811. The molecule has 0 aliphatic heterocycles. The fourth-order valence-electron chi connectivity index (χ4n) is 3.47. The molecule has 1 aliphatic rings. The smallest absolute Gasteiger partial charge is 0.0414 e. The second kappa shape index (κ2) is 7.84. The van der Waals surface area contributed by atoms with Crippen molar-refractivity contribution < 1.29 is 0 Å². The molecule has 0 aromatic heterocycles. The Morgan fingerprint density at radius 3 is 2.52 bits per heavy atom. The third-order valence-electron chi connectivity index (χ3n) is 5.02. The molecule has 0 amide bonds. The molecule has 2 rings (SSSR count). The van der Waals surface area contributed by atoms with E-state index in [1.807, 2.05) is 0 Å². The number of anilines is 1. The van der Waals surface area contributed by atoms with Gasteiger partial charge in [0.15, 0.2) is 0 Å². The maximum Gasteiger partial charge on any atom is 0.0414 e. The van der Waals surface area contributed by atoms with Crippen LogP contribution < -0.4 is 10.2 Å². The SMILES string of the molecule is CCCNC(C)c1ccccc1N(C)C1CCC(C)CC1. The van der Waals surface area contributed by atoms with Gasteiger partial charge in [-0.2, -0.15) is 0 Å². The van der Waals surface area contributed by atoms with Crippen molar-refractivity contribution in [2.75, 3.05) is 18.5 Å². The summed E-state index contributed by atoms with van der Waals surface area (Å²) in [6.07, 6.45) is 6.61. The highest BCUT2D eigenvalue weighted by molar-refractivity contribution is 5.55. The zero-order valence-electron chi connectivity index (χ0n) is 14.2. The Labute approximate surface area is 130 Å². The van der Waals surface area contributed by atoms with Gasteiger partial charge in [0.2, 0.25) is 0 Å². The fraction of sp³-hybridized carbons (Fsp3) is 0.684. The Balaban J connectivity index is 2.11. The molecule has 0 radical (unpaired) electrons. The van der Waals surface area contributed by atoms with E-state index in [9.17, 15) is 0 Å².